The molecule has 1 aliphatic carbocycles. The minimum absolute atomic E-state index is 0.324. The Morgan fingerprint density at radius 3 is 1.52 bits per heavy atom. The van der Waals surface area contributed by atoms with Crippen LogP contribution in [0, 0.1) is 29.6 Å². The van der Waals surface area contributed by atoms with Crippen molar-refractivity contribution in [1.29, 1.82) is 0 Å². The average molecular weight is 782 g/mol. The molecule has 0 saturated carbocycles. The van der Waals surface area contributed by atoms with E-state index in [2.05, 4.69) is 120 Å². The van der Waals surface area contributed by atoms with Crippen LogP contribution in [0.3, 0.4) is 0 Å². The Labute approximate surface area is 359 Å². The van der Waals surface area contributed by atoms with E-state index in [1.807, 2.05) is 127 Å². The van der Waals surface area contributed by atoms with E-state index in [1.54, 1.807) is 17.2 Å². The van der Waals surface area contributed by atoms with Gasteiger partial charge in [-0.2, -0.15) is 0 Å². The number of hydrogen-bond acceptors (Lipinski definition) is 1. The van der Waals surface area contributed by atoms with Crippen LogP contribution in [-0.2, 0) is 11.2 Å². The van der Waals surface area contributed by atoms with Crippen LogP contribution in [0.2, 0.25) is 6.32 Å². The number of fused-ring (bicyclic) bond motifs is 1. The Morgan fingerprint density at radius 1 is 0.768 bits per heavy atom. The highest BCUT2D eigenvalue weighted by Crippen LogP contribution is 2.41. The zero-order valence-corrected chi connectivity index (χ0v) is 43.3. The fourth-order valence-electron chi connectivity index (χ4n) is 5.11. The van der Waals surface area contributed by atoms with Gasteiger partial charge in [-0.15, -0.1) is 6.58 Å². The minimum atomic E-state index is 0.324. The Balaban J connectivity index is -0.000000116. The van der Waals surface area contributed by atoms with Gasteiger partial charge in [0.15, 0.2) is 7.28 Å². The largest absolute Gasteiger partial charge is 0.381 e. The molecule has 0 fully saturated rings. The van der Waals surface area contributed by atoms with Gasteiger partial charge in [-0.05, 0) is 100 Å². The summed E-state index contributed by atoms with van der Waals surface area (Å²) in [6, 6.07) is 17.4. The number of hydrogen-bond donors (Lipinski definition) is 0. The van der Waals surface area contributed by atoms with Crippen molar-refractivity contribution >= 4 is 12.7 Å². The van der Waals surface area contributed by atoms with Crippen molar-refractivity contribution in [2.45, 2.75) is 223 Å². The molecule has 0 saturated heterocycles. The van der Waals surface area contributed by atoms with Gasteiger partial charge < -0.3 is 4.74 Å². The van der Waals surface area contributed by atoms with Gasteiger partial charge in [0.2, 0.25) is 0 Å². The highest BCUT2D eigenvalue weighted by atomic mass is 16.5. The third-order valence-corrected chi connectivity index (χ3v) is 9.89. The first kappa shape index (κ1) is 68.6. The number of ether oxygens (including phenoxy) is 1. The van der Waals surface area contributed by atoms with Crippen molar-refractivity contribution in [3.8, 4) is 0 Å². The maximum atomic E-state index is 5.32. The second-order valence-corrected chi connectivity index (χ2v) is 14.8. The molecule has 0 aromatic heterocycles. The Bertz CT molecular complexity index is 1020. The molecule has 3 rings (SSSR count). The Hall–Kier alpha value is -2.06. The predicted molar refractivity (Wildman–Crippen MR) is 270 cm³/mol. The van der Waals surface area contributed by atoms with E-state index in [0.717, 1.165) is 18.2 Å². The summed E-state index contributed by atoms with van der Waals surface area (Å²) in [5.74, 6) is 2.32. The third-order valence-electron chi connectivity index (χ3n) is 9.89. The number of benzene rings is 2. The molecule has 56 heavy (non-hydrogen) atoms. The van der Waals surface area contributed by atoms with Crippen LogP contribution in [-0.4, -0.2) is 20.5 Å². The molecular formula is C54H106BO. The van der Waals surface area contributed by atoms with Crippen molar-refractivity contribution in [3.05, 3.63) is 90.0 Å². The normalized spacial score (nSPS) is 13.8. The summed E-state index contributed by atoms with van der Waals surface area (Å²) in [5, 5.41) is 0. The first-order valence-corrected chi connectivity index (χ1v) is 23.2. The lowest BCUT2D eigenvalue weighted by Gasteiger charge is -2.39. The van der Waals surface area contributed by atoms with E-state index in [1.165, 1.54) is 49.6 Å². The molecule has 2 aromatic carbocycles. The molecule has 1 aliphatic rings. The van der Waals surface area contributed by atoms with Crippen LogP contribution in [0.5, 0.6) is 0 Å². The van der Waals surface area contributed by atoms with Crippen molar-refractivity contribution in [2.75, 3.05) is 7.11 Å². The molecule has 331 valence electrons. The number of allylic oxidation sites excluding steroid dienone is 3. The third kappa shape index (κ3) is 37.5. The molecule has 0 N–H and O–H groups in total. The van der Waals surface area contributed by atoms with Gasteiger partial charge in [-0.3, -0.25) is 0 Å². The van der Waals surface area contributed by atoms with E-state index in [4.69, 9.17) is 4.74 Å². The van der Waals surface area contributed by atoms with E-state index < -0.39 is 0 Å². The summed E-state index contributed by atoms with van der Waals surface area (Å²) in [7, 11) is 4.25. The summed E-state index contributed by atoms with van der Waals surface area (Å²) in [6.07, 6.45) is 15.1. The molecule has 3 atom stereocenters. The van der Waals surface area contributed by atoms with Gasteiger partial charge in [-0.25, -0.2) is 0 Å². The van der Waals surface area contributed by atoms with Crippen LogP contribution in [0.25, 0.3) is 0 Å². The second-order valence-electron chi connectivity index (χ2n) is 14.8. The number of rotatable bonds is 9. The maximum absolute atomic E-state index is 5.32. The smallest absolute Gasteiger partial charge is 0.152 e. The molecule has 0 aliphatic heterocycles. The molecule has 0 bridgehead atoms. The van der Waals surface area contributed by atoms with Crippen molar-refractivity contribution < 1.29 is 4.74 Å². The minimum Gasteiger partial charge on any atom is -0.381 e. The summed E-state index contributed by atoms with van der Waals surface area (Å²) in [5.41, 5.74) is 6.56. The quantitative estimate of drug-likeness (QED) is 0.182. The Morgan fingerprint density at radius 2 is 1.20 bits per heavy atom. The van der Waals surface area contributed by atoms with Crippen LogP contribution in [0.15, 0.2) is 73.3 Å². The molecule has 0 heterocycles. The molecule has 2 heteroatoms. The molecular weight excluding hydrogens is 675 g/mol. The van der Waals surface area contributed by atoms with Gasteiger partial charge in [-0.1, -0.05) is 228 Å². The Kier molecular flexibility index (Phi) is 60.2. The second kappa shape index (κ2) is 49.1. The van der Waals surface area contributed by atoms with Gasteiger partial charge in [0, 0.05) is 7.11 Å². The van der Waals surface area contributed by atoms with E-state index in [-0.39, 0.29) is 0 Å². The highest BCUT2D eigenvalue weighted by molar-refractivity contribution is 6.53. The molecule has 0 amide bonds. The monoisotopic (exact) mass is 782 g/mol. The lowest BCUT2D eigenvalue weighted by atomic mass is 9.53. The molecule has 1 nitrogen and oxygen atoms in total. The predicted octanol–water partition coefficient (Wildman–Crippen LogP) is 18.3. The van der Waals surface area contributed by atoms with Gasteiger partial charge in [0.1, 0.15) is 0 Å². The zero-order chi connectivity index (χ0) is 45.8. The first-order chi connectivity index (χ1) is 26.6. The van der Waals surface area contributed by atoms with Gasteiger partial charge >= 0.3 is 0 Å². The lowest BCUT2D eigenvalue weighted by Crippen LogP contribution is -2.33. The zero-order valence-electron chi connectivity index (χ0n) is 43.3. The standard InChI is InChI=1S/C20H32B.C10H22O.C7H8.C4H8.C3H6.5C2H6/c1-14-8-9-16-12-17(10-11-18(16)15(14)2)21-13-20(6,7)19(3,4)5;1-5-7-10(8-6-2)9(3)11-4;1-7-5-3-2-4-6-7;1-3-4-2;1-3-2;5*1-2/h10-12,14-15H,8-9,13H2,1-7H3;9-10H,5-8H2,1-4H3;2-6H,1H3;3-4H,1-2H3;3H,1H2,2H3;5*1-2H3/b;;;4-3-;;;;;;. The topological polar surface area (TPSA) is 9.23 Å². The highest BCUT2D eigenvalue weighted by Gasteiger charge is 2.32. The summed E-state index contributed by atoms with van der Waals surface area (Å²) in [4.78, 5) is 0. The molecule has 1 radical (unpaired) electrons. The fraction of sp³-hybridized carbons (Fsp3) is 0.704. The number of aryl methyl sites for hydroxylation is 2. The van der Waals surface area contributed by atoms with Crippen molar-refractivity contribution in [1.82, 2.24) is 0 Å². The van der Waals surface area contributed by atoms with Crippen LogP contribution in [0.4, 0.5) is 0 Å². The molecule has 2 aromatic rings. The van der Waals surface area contributed by atoms with Crippen LogP contribution >= 0.6 is 0 Å². The summed E-state index contributed by atoms with van der Waals surface area (Å²) < 4.78 is 5.32. The van der Waals surface area contributed by atoms with Gasteiger partial charge in [0.05, 0.1) is 6.10 Å². The van der Waals surface area contributed by atoms with Crippen LogP contribution < -0.4 is 5.46 Å². The van der Waals surface area contributed by atoms with E-state index in [0.29, 0.717) is 22.9 Å². The molecule has 0 spiro atoms. The van der Waals surface area contributed by atoms with E-state index in [9.17, 15) is 0 Å². The SMILES string of the molecule is C/C=C\C.C=CC.CC.CC.CC.CC.CC.CC1CCc2cc([B]CC(C)(C)C(C)(C)C)ccc2C1C.CCCC(CCC)C(C)OC.Cc1ccccc1. The fourth-order valence-corrected chi connectivity index (χ4v) is 5.11. The van der Waals surface area contributed by atoms with Crippen molar-refractivity contribution in [2.24, 2.45) is 22.7 Å². The molecule has 3 unspecified atom stereocenters. The van der Waals surface area contributed by atoms with E-state index >= 15 is 0 Å². The van der Waals surface area contributed by atoms with Crippen molar-refractivity contribution in [3.63, 3.8) is 0 Å². The van der Waals surface area contributed by atoms with Crippen LogP contribution in [0.1, 0.15) is 214 Å². The van der Waals surface area contributed by atoms with Gasteiger partial charge in [0.25, 0.3) is 0 Å². The number of methoxy groups -OCH3 is 1. The lowest BCUT2D eigenvalue weighted by molar-refractivity contribution is 0.0588. The summed E-state index contributed by atoms with van der Waals surface area (Å²) in [6.45, 7) is 54.6. The summed E-state index contributed by atoms with van der Waals surface area (Å²) >= 11 is 0. The maximum Gasteiger partial charge on any atom is 0.152 e. The first-order valence-electron chi connectivity index (χ1n) is 23.2. The average Bonchev–Trinajstić information content (AvgIpc) is 3.22.